The van der Waals surface area contributed by atoms with E-state index < -0.39 is 0 Å². The summed E-state index contributed by atoms with van der Waals surface area (Å²) in [6.45, 7) is 3.49. The number of rotatable bonds is 5. The summed E-state index contributed by atoms with van der Waals surface area (Å²) >= 11 is 0. The summed E-state index contributed by atoms with van der Waals surface area (Å²) in [5.41, 5.74) is 2.86. The molecular weight excluding hydrogens is 300 g/mol. The third-order valence-corrected chi connectivity index (χ3v) is 3.81. The van der Waals surface area contributed by atoms with Crippen LogP contribution in [0.25, 0.3) is 16.6 Å². The van der Waals surface area contributed by atoms with Crippen molar-refractivity contribution in [1.29, 1.82) is 0 Å². The van der Waals surface area contributed by atoms with Crippen molar-refractivity contribution < 1.29 is 0 Å². The monoisotopic (exact) mass is 318 g/mol. The van der Waals surface area contributed by atoms with E-state index in [1.54, 1.807) is 6.20 Å². The summed E-state index contributed by atoms with van der Waals surface area (Å²) < 4.78 is 1.89. The quantitative estimate of drug-likeness (QED) is 0.553. The smallest absolute Gasteiger partial charge is 0.158 e. The van der Waals surface area contributed by atoms with E-state index >= 15 is 0 Å². The first-order valence-corrected chi connectivity index (χ1v) is 7.95. The van der Waals surface area contributed by atoms with Crippen LogP contribution in [-0.2, 0) is 0 Å². The summed E-state index contributed by atoms with van der Waals surface area (Å²) in [6.07, 6.45) is 1.78. The molecule has 24 heavy (non-hydrogen) atoms. The molecule has 0 unspecified atom stereocenters. The lowest BCUT2D eigenvalue weighted by molar-refractivity contribution is 0.953. The number of pyridine rings is 1. The van der Waals surface area contributed by atoms with Gasteiger partial charge in [-0.2, -0.15) is 5.10 Å². The fraction of sp³-hybridized carbons (Fsp3) is 0.167. The number of nitrogens with zero attached hydrogens (tertiary/aromatic N) is 4. The number of hydrogen-bond acceptors (Lipinski definition) is 5. The lowest BCUT2D eigenvalue weighted by Gasteiger charge is -2.11. The Morgan fingerprint density at radius 2 is 1.83 bits per heavy atom. The molecule has 4 aromatic rings. The van der Waals surface area contributed by atoms with E-state index in [2.05, 4.69) is 32.8 Å². The van der Waals surface area contributed by atoms with Crippen molar-refractivity contribution in [3.8, 4) is 0 Å². The highest BCUT2D eigenvalue weighted by Crippen LogP contribution is 2.23. The SMILES string of the molecule is Cc1cc2nc(NCCNc3ccccn3)c3ccccc3n2n1. The molecule has 0 aliphatic carbocycles. The molecule has 0 aliphatic heterocycles. The molecule has 3 heterocycles. The maximum Gasteiger partial charge on any atom is 0.158 e. The van der Waals surface area contributed by atoms with Crippen molar-refractivity contribution in [2.24, 2.45) is 0 Å². The molecule has 0 aliphatic rings. The molecule has 120 valence electrons. The molecule has 0 saturated carbocycles. The van der Waals surface area contributed by atoms with Gasteiger partial charge in [0.2, 0.25) is 0 Å². The van der Waals surface area contributed by atoms with E-state index in [9.17, 15) is 0 Å². The van der Waals surface area contributed by atoms with E-state index in [-0.39, 0.29) is 0 Å². The number of benzene rings is 1. The molecule has 0 spiro atoms. The van der Waals surface area contributed by atoms with Gasteiger partial charge in [0.25, 0.3) is 0 Å². The summed E-state index contributed by atoms with van der Waals surface area (Å²) in [6, 6.07) is 16.0. The lowest BCUT2D eigenvalue weighted by atomic mass is 10.2. The van der Waals surface area contributed by atoms with Crippen LogP contribution in [0.15, 0.2) is 54.7 Å². The third-order valence-electron chi connectivity index (χ3n) is 3.81. The first kappa shape index (κ1) is 14.4. The summed E-state index contributed by atoms with van der Waals surface area (Å²) in [5.74, 6) is 1.75. The number of nitrogens with one attached hydrogen (secondary N) is 2. The average Bonchev–Trinajstić information content (AvgIpc) is 3.00. The zero-order valence-electron chi connectivity index (χ0n) is 13.4. The fourth-order valence-corrected chi connectivity index (χ4v) is 2.75. The van der Waals surface area contributed by atoms with Crippen molar-refractivity contribution in [2.75, 3.05) is 23.7 Å². The Labute approximate surface area is 139 Å². The molecule has 0 bridgehead atoms. The normalized spacial score (nSPS) is 11.0. The lowest BCUT2D eigenvalue weighted by Crippen LogP contribution is -2.15. The molecular formula is C18H18N6. The Morgan fingerprint density at radius 1 is 1.00 bits per heavy atom. The minimum atomic E-state index is 0.747. The molecule has 0 fully saturated rings. The van der Waals surface area contributed by atoms with Gasteiger partial charge in [0.05, 0.1) is 11.2 Å². The molecule has 3 aromatic heterocycles. The van der Waals surface area contributed by atoms with Crippen molar-refractivity contribution >= 4 is 28.2 Å². The Hall–Kier alpha value is -3.15. The van der Waals surface area contributed by atoms with Crippen LogP contribution in [0.3, 0.4) is 0 Å². The molecule has 0 amide bonds. The zero-order chi connectivity index (χ0) is 16.4. The van der Waals surface area contributed by atoms with Gasteiger partial charge < -0.3 is 10.6 Å². The van der Waals surface area contributed by atoms with Crippen LogP contribution in [0.4, 0.5) is 11.6 Å². The van der Waals surface area contributed by atoms with Gasteiger partial charge in [-0.1, -0.05) is 18.2 Å². The Morgan fingerprint density at radius 3 is 2.71 bits per heavy atom. The van der Waals surface area contributed by atoms with E-state index in [0.29, 0.717) is 0 Å². The minimum absolute atomic E-state index is 0.747. The molecule has 6 nitrogen and oxygen atoms in total. The van der Waals surface area contributed by atoms with Gasteiger partial charge in [0.1, 0.15) is 11.6 Å². The second kappa shape index (κ2) is 6.16. The van der Waals surface area contributed by atoms with Gasteiger partial charge in [0, 0.05) is 30.7 Å². The minimum Gasteiger partial charge on any atom is -0.368 e. The van der Waals surface area contributed by atoms with Crippen LogP contribution in [0.1, 0.15) is 5.69 Å². The zero-order valence-corrected chi connectivity index (χ0v) is 13.4. The van der Waals surface area contributed by atoms with Gasteiger partial charge >= 0.3 is 0 Å². The number of aromatic nitrogens is 4. The van der Waals surface area contributed by atoms with Crippen LogP contribution in [-0.4, -0.2) is 32.7 Å². The van der Waals surface area contributed by atoms with Crippen molar-refractivity contribution in [3.05, 3.63) is 60.4 Å². The molecule has 6 heteroatoms. The Kier molecular flexibility index (Phi) is 3.70. The number of anilines is 2. The highest BCUT2D eigenvalue weighted by molar-refractivity contribution is 5.91. The van der Waals surface area contributed by atoms with Crippen LogP contribution < -0.4 is 10.6 Å². The third kappa shape index (κ3) is 2.74. The maximum absolute atomic E-state index is 4.71. The molecule has 0 saturated heterocycles. The number of aryl methyl sites for hydroxylation is 1. The van der Waals surface area contributed by atoms with Gasteiger partial charge in [0.15, 0.2) is 5.65 Å². The highest BCUT2D eigenvalue weighted by Gasteiger charge is 2.09. The van der Waals surface area contributed by atoms with Crippen LogP contribution in [0, 0.1) is 6.92 Å². The van der Waals surface area contributed by atoms with Gasteiger partial charge in [-0.3, -0.25) is 0 Å². The largest absolute Gasteiger partial charge is 0.368 e. The van der Waals surface area contributed by atoms with E-state index in [4.69, 9.17) is 4.98 Å². The van der Waals surface area contributed by atoms with Crippen LogP contribution in [0.2, 0.25) is 0 Å². The van der Waals surface area contributed by atoms with Gasteiger partial charge in [-0.15, -0.1) is 0 Å². The molecule has 4 rings (SSSR count). The first-order valence-electron chi connectivity index (χ1n) is 7.95. The standard InChI is InChI=1S/C18H18N6/c1-13-12-17-22-18(14-6-2-3-7-15(14)24(17)23-13)21-11-10-20-16-8-4-5-9-19-16/h2-9,12H,10-11H2,1H3,(H,19,20)(H,21,22). The second-order valence-electron chi connectivity index (χ2n) is 5.60. The van der Waals surface area contributed by atoms with Crippen molar-refractivity contribution in [1.82, 2.24) is 19.6 Å². The average molecular weight is 318 g/mol. The fourth-order valence-electron chi connectivity index (χ4n) is 2.75. The van der Waals surface area contributed by atoms with Crippen LogP contribution >= 0.6 is 0 Å². The molecule has 2 N–H and O–H groups in total. The first-order chi connectivity index (χ1) is 11.8. The Balaban J connectivity index is 1.56. The van der Waals surface area contributed by atoms with E-state index in [0.717, 1.165) is 47.0 Å². The summed E-state index contributed by atoms with van der Waals surface area (Å²) in [5, 5.41) is 12.3. The number of hydrogen-bond donors (Lipinski definition) is 2. The van der Waals surface area contributed by atoms with Gasteiger partial charge in [-0.25, -0.2) is 14.5 Å². The summed E-state index contributed by atoms with van der Waals surface area (Å²) in [4.78, 5) is 8.97. The maximum atomic E-state index is 4.71. The van der Waals surface area contributed by atoms with Gasteiger partial charge in [-0.05, 0) is 31.2 Å². The Bertz CT molecular complexity index is 977. The molecule has 0 atom stereocenters. The summed E-state index contributed by atoms with van der Waals surface area (Å²) in [7, 11) is 0. The number of fused-ring (bicyclic) bond motifs is 3. The van der Waals surface area contributed by atoms with Crippen molar-refractivity contribution in [2.45, 2.75) is 6.92 Å². The van der Waals surface area contributed by atoms with Crippen molar-refractivity contribution in [3.63, 3.8) is 0 Å². The van der Waals surface area contributed by atoms with E-state index in [1.807, 2.05) is 47.8 Å². The predicted octanol–water partition coefficient (Wildman–Crippen LogP) is 3.11. The predicted molar refractivity (Wildman–Crippen MR) is 96.4 cm³/mol. The highest BCUT2D eigenvalue weighted by atomic mass is 15.3. The van der Waals surface area contributed by atoms with Crippen LogP contribution in [0.5, 0.6) is 0 Å². The topological polar surface area (TPSA) is 67.1 Å². The van der Waals surface area contributed by atoms with E-state index in [1.165, 1.54) is 0 Å². The molecule has 0 radical (unpaired) electrons. The number of para-hydroxylation sites is 1. The molecule has 1 aromatic carbocycles. The second-order valence-corrected chi connectivity index (χ2v) is 5.60.